The third kappa shape index (κ3) is 3.61. The fourth-order valence-electron chi connectivity index (χ4n) is 1.79. The van der Waals surface area contributed by atoms with Crippen molar-refractivity contribution in [3.05, 3.63) is 25.3 Å². The molecule has 1 heterocycles. The van der Waals surface area contributed by atoms with Crippen LogP contribution in [0.2, 0.25) is 0 Å². The molecule has 18 heavy (non-hydrogen) atoms. The summed E-state index contributed by atoms with van der Waals surface area (Å²) >= 11 is 0. The van der Waals surface area contributed by atoms with Crippen LogP contribution in [-0.2, 0) is 14.2 Å². The summed E-state index contributed by atoms with van der Waals surface area (Å²) in [7, 11) is 0. The Morgan fingerprint density at radius 2 is 1.61 bits per heavy atom. The minimum absolute atomic E-state index is 0.190. The fraction of sp³-hybridized carbons (Fsp3) is 0.667. The van der Waals surface area contributed by atoms with E-state index in [1.54, 1.807) is 0 Å². The summed E-state index contributed by atoms with van der Waals surface area (Å²) in [6, 6.07) is 0. The first-order valence-electron chi connectivity index (χ1n) is 5.73. The van der Waals surface area contributed by atoms with Crippen molar-refractivity contribution in [2.75, 3.05) is 19.8 Å². The van der Waals surface area contributed by atoms with Gasteiger partial charge in [-0.25, -0.2) is 0 Å². The SMILES string of the molecule is C=CCO[C@@H]1[C@@H](OCC=C)[C@H](O)[C@@H](CO)O[C@@H]1O. The van der Waals surface area contributed by atoms with Crippen molar-refractivity contribution in [3.8, 4) is 0 Å². The van der Waals surface area contributed by atoms with Gasteiger partial charge in [-0.15, -0.1) is 13.2 Å². The van der Waals surface area contributed by atoms with E-state index < -0.39 is 37.3 Å². The minimum atomic E-state index is -1.28. The van der Waals surface area contributed by atoms with Gasteiger partial charge in [-0.1, -0.05) is 12.2 Å². The van der Waals surface area contributed by atoms with Crippen LogP contribution in [0.3, 0.4) is 0 Å². The van der Waals surface area contributed by atoms with E-state index in [1.165, 1.54) is 12.2 Å². The van der Waals surface area contributed by atoms with Crippen molar-refractivity contribution >= 4 is 0 Å². The van der Waals surface area contributed by atoms with Gasteiger partial charge in [0.25, 0.3) is 0 Å². The van der Waals surface area contributed by atoms with E-state index >= 15 is 0 Å². The highest BCUT2D eigenvalue weighted by molar-refractivity contribution is 4.91. The molecule has 1 saturated heterocycles. The second-order valence-electron chi connectivity index (χ2n) is 3.91. The predicted octanol–water partition coefficient (Wildman–Crippen LogP) is -0.801. The largest absolute Gasteiger partial charge is 0.394 e. The Hall–Kier alpha value is -0.760. The van der Waals surface area contributed by atoms with Crippen LogP contribution in [0.25, 0.3) is 0 Å². The molecular weight excluding hydrogens is 240 g/mol. The molecule has 0 radical (unpaired) electrons. The van der Waals surface area contributed by atoms with Gasteiger partial charge in [-0.2, -0.15) is 0 Å². The lowest BCUT2D eigenvalue weighted by molar-refractivity contribution is -0.300. The van der Waals surface area contributed by atoms with Gasteiger partial charge in [0.1, 0.15) is 24.4 Å². The van der Waals surface area contributed by atoms with Gasteiger partial charge in [0, 0.05) is 0 Å². The zero-order valence-corrected chi connectivity index (χ0v) is 10.1. The zero-order chi connectivity index (χ0) is 13.5. The van der Waals surface area contributed by atoms with Gasteiger partial charge >= 0.3 is 0 Å². The van der Waals surface area contributed by atoms with Gasteiger partial charge in [0.05, 0.1) is 19.8 Å². The second kappa shape index (κ2) is 7.63. The van der Waals surface area contributed by atoms with E-state index in [0.29, 0.717) is 0 Å². The lowest BCUT2D eigenvalue weighted by Gasteiger charge is -2.41. The number of rotatable bonds is 7. The lowest BCUT2D eigenvalue weighted by atomic mass is 9.99. The Balaban J connectivity index is 2.75. The average Bonchev–Trinajstić information content (AvgIpc) is 2.37. The molecule has 5 atom stereocenters. The molecule has 0 aromatic heterocycles. The van der Waals surface area contributed by atoms with Gasteiger partial charge in [-0.3, -0.25) is 0 Å². The maximum atomic E-state index is 9.98. The zero-order valence-electron chi connectivity index (χ0n) is 10.1. The molecule has 6 heteroatoms. The van der Waals surface area contributed by atoms with Gasteiger partial charge in [0.2, 0.25) is 0 Å². The molecule has 6 nitrogen and oxygen atoms in total. The number of aliphatic hydroxyl groups excluding tert-OH is 3. The molecule has 0 bridgehead atoms. The Morgan fingerprint density at radius 1 is 1.06 bits per heavy atom. The number of aliphatic hydroxyl groups is 3. The molecule has 1 rings (SSSR count). The minimum Gasteiger partial charge on any atom is -0.394 e. The summed E-state index contributed by atoms with van der Waals surface area (Å²) in [6.45, 7) is 6.98. The van der Waals surface area contributed by atoms with Crippen LogP contribution < -0.4 is 0 Å². The first kappa shape index (κ1) is 15.3. The standard InChI is InChI=1S/C12H20O6/c1-3-5-16-10-9(14)8(7-13)18-12(15)11(10)17-6-4-2/h3-4,8-15H,1-2,5-7H2/t8-,9-,10+,11-,12+/m1/s1. The topological polar surface area (TPSA) is 88.4 Å². The molecule has 0 aromatic rings. The Bertz CT molecular complexity index is 269. The van der Waals surface area contributed by atoms with Gasteiger partial charge in [-0.05, 0) is 0 Å². The first-order valence-corrected chi connectivity index (χ1v) is 5.73. The van der Waals surface area contributed by atoms with E-state index in [0.717, 1.165) is 0 Å². The van der Waals surface area contributed by atoms with Crippen molar-refractivity contribution in [3.63, 3.8) is 0 Å². The highest BCUT2D eigenvalue weighted by atomic mass is 16.7. The summed E-state index contributed by atoms with van der Waals surface area (Å²) in [5.41, 5.74) is 0. The quantitative estimate of drug-likeness (QED) is 0.519. The van der Waals surface area contributed by atoms with E-state index in [9.17, 15) is 10.2 Å². The third-order valence-electron chi connectivity index (χ3n) is 2.63. The molecule has 1 aliphatic heterocycles. The highest BCUT2D eigenvalue weighted by Crippen LogP contribution is 2.24. The van der Waals surface area contributed by atoms with E-state index in [1.807, 2.05) is 0 Å². The van der Waals surface area contributed by atoms with E-state index in [2.05, 4.69) is 13.2 Å². The van der Waals surface area contributed by atoms with Gasteiger partial charge < -0.3 is 29.5 Å². The van der Waals surface area contributed by atoms with E-state index in [-0.39, 0.29) is 13.2 Å². The maximum absolute atomic E-state index is 9.98. The molecule has 0 unspecified atom stereocenters. The highest BCUT2D eigenvalue weighted by Gasteiger charge is 2.45. The molecule has 1 fully saturated rings. The van der Waals surface area contributed by atoms with Crippen molar-refractivity contribution in [2.45, 2.75) is 30.7 Å². The molecule has 0 saturated carbocycles. The second-order valence-corrected chi connectivity index (χ2v) is 3.91. The fourth-order valence-corrected chi connectivity index (χ4v) is 1.79. The Labute approximate surface area is 106 Å². The number of hydrogen-bond acceptors (Lipinski definition) is 6. The molecular formula is C12H20O6. The van der Waals surface area contributed by atoms with E-state index in [4.69, 9.17) is 19.3 Å². The monoisotopic (exact) mass is 260 g/mol. The van der Waals surface area contributed by atoms with Crippen LogP contribution in [-0.4, -0.2) is 65.8 Å². The van der Waals surface area contributed by atoms with Crippen LogP contribution in [0.15, 0.2) is 25.3 Å². The van der Waals surface area contributed by atoms with Crippen LogP contribution >= 0.6 is 0 Å². The van der Waals surface area contributed by atoms with Crippen LogP contribution in [0.1, 0.15) is 0 Å². The van der Waals surface area contributed by atoms with Crippen molar-refractivity contribution in [2.24, 2.45) is 0 Å². The average molecular weight is 260 g/mol. The molecule has 0 aromatic carbocycles. The normalized spacial score (nSPS) is 36.3. The summed E-state index contributed by atoms with van der Waals surface area (Å²) in [5, 5.41) is 28.8. The Morgan fingerprint density at radius 3 is 2.11 bits per heavy atom. The van der Waals surface area contributed by atoms with Gasteiger partial charge in [0.15, 0.2) is 6.29 Å². The number of ether oxygens (including phenoxy) is 3. The molecule has 0 aliphatic carbocycles. The van der Waals surface area contributed by atoms with Crippen LogP contribution in [0.4, 0.5) is 0 Å². The maximum Gasteiger partial charge on any atom is 0.184 e. The summed E-state index contributed by atoms with van der Waals surface area (Å²) < 4.78 is 15.8. The first-order chi connectivity index (χ1) is 8.65. The summed E-state index contributed by atoms with van der Waals surface area (Å²) in [5.74, 6) is 0. The molecule has 3 N–H and O–H groups in total. The van der Waals surface area contributed by atoms with Crippen LogP contribution in [0.5, 0.6) is 0 Å². The molecule has 104 valence electrons. The smallest absolute Gasteiger partial charge is 0.184 e. The number of hydrogen-bond donors (Lipinski definition) is 3. The van der Waals surface area contributed by atoms with Crippen molar-refractivity contribution in [1.29, 1.82) is 0 Å². The molecule has 0 spiro atoms. The predicted molar refractivity (Wildman–Crippen MR) is 63.8 cm³/mol. The summed E-state index contributed by atoms with van der Waals surface area (Å²) in [6.07, 6.45) is -1.88. The van der Waals surface area contributed by atoms with Crippen molar-refractivity contribution < 1.29 is 29.5 Å². The Kier molecular flexibility index (Phi) is 6.48. The lowest BCUT2D eigenvalue weighted by Crippen LogP contribution is -2.60. The van der Waals surface area contributed by atoms with Crippen molar-refractivity contribution in [1.82, 2.24) is 0 Å². The summed E-state index contributed by atoms with van der Waals surface area (Å²) in [4.78, 5) is 0. The third-order valence-corrected chi connectivity index (χ3v) is 2.63. The van der Waals surface area contributed by atoms with Crippen LogP contribution in [0, 0.1) is 0 Å². The molecule has 0 amide bonds. The molecule has 1 aliphatic rings.